The molecule has 0 unspecified atom stereocenters. The Kier molecular flexibility index (Phi) is 8.66. The summed E-state index contributed by atoms with van der Waals surface area (Å²) in [6.45, 7) is 0.524. The van der Waals surface area contributed by atoms with Gasteiger partial charge in [-0.15, -0.1) is 0 Å². The molecular weight excluding hydrogens is 451 g/mol. The van der Waals surface area contributed by atoms with Gasteiger partial charge in [-0.05, 0) is 47.5 Å². The molecule has 0 bridgehead atoms. The number of carbonyl (C=O) groups is 1. The second kappa shape index (κ2) is 11.7. The largest absolute Gasteiger partial charge is 0.468 e. The zero-order chi connectivity index (χ0) is 22.8. The van der Waals surface area contributed by atoms with E-state index in [1.165, 1.54) is 42.3 Å². The third-order valence-corrected chi connectivity index (χ3v) is 6.82. The number of thioether (sulfide) groups is 1. The number of sulfonamides is 1. The average Bonchev–Trinajstić information content (AvgIpc) is 3.31. The van der Waals surface area contributed by atoms with Gasteiger partial charge in [-0.2, -0.15) is 11.8 Å². The number of hydrogen-bond acceptors (Lipinski definition) is 5. The molecule has 9 heteroatoms. The molecule has 0 aliphatic carbocycles. The van der Waals surface area contributed by atoms with Gasteiger partial charge in [0.25, 0.3) is 0 Å². The average molecular weight is 475 g/mol. The maximum absolute atomic E-state index is 13.5. The van der Waals surface area contributed by atoms with E-state index in [1.807, 2.05) is 0 Å². The number of benzene rings is 2. The van der Waals surface area contributed by atoms with E-state index in [-0.39, 0.29) is 23.2 Å². The smallest absolute Gasteiger partial charge is 0.244 e. The van der Waals surface area contributed by atoms with Crippen molar-refractivity contribution in [2.45, 2.75) is 17.2 Å². The van der Waals surface area contributed by atoms with E-state index in [0.29, 0.717) is 34.9 Å². The van der Waals surface area contributed by atoms with Crippen LogP contribution in [-0.2, 0) is 27.1 Å². The molecule has 3 aromatic rings. The van der Waals surface area contributed by atoms with Crippen LogP contribution in [0.3, 0.4) is 0 Å². The molecule has 1 amide bonds. The molecule has 0 saturated heterocycles. The highest BCUT2D eigenvalue weighted by molar-refractivity contribution is 7.98. The van der Waals surface area contributed by atoms with E-state index < -0.39 is 10.0 Å². The third kappa shape index (κ3) is 7.37. The van der Waals surface area contributed by atoms with Crippen LogP contribution in [0.4, 0.5) is 4.39 Å². The summed E-state index contributed by atoms with van der Waals surface area (Å²) in [6, 6.07) is 16.2. The Morgan fingerprint density at radius 1 is 1.06 bits per heavy atom. The third-order valence-electron chi connectivity index (χ3n) is 4.40. The topological polar surface area (TPSA) is 88.4 Å². The Morgan fingerprint density at radius 2 is 1.84 bits per heavy atom. The van der Waals surface area contributed by atoms with Gasteiger partial charge in [0.05, 0.1) is 17.7 Å². The summed E-state index contributed by atoms with van der Waals surface area (Å²) >= 11 is 1.54. The summed E-state index contributed by atoms with van der Waals surface area (Å²) in [6.07, 6.45) is 4.47. The zero-order valence-corrected chi connectivity index (χ0v) is 18.8. The Bertz CT molecular complexity index is 1150. The molecular formula is C23H23FN2O4S2. The highest BCUT2D eigenvalue weighted by atomic mass is 32.2. The van der Waals surface area contributed by atoms with Crippen LogP contribution in [0.25, 0.3) is 6.08 Å². The van der Waals surface area contributed by atoms with Crippen LogP contribution < -0.4 is 10.0 Å². The van der Waals surface area contributed by atoms with E-state index in [4.69, 9.17) is 4.42 Å². The standard InChI is InChI=1S/C23H23FN2O4S2/c24-22-6-2-1-4-19(22)17-31-15-13-25-23(27)12-9-18-7-10-21(11-8-18)32(28,29)26-16-20-5-3-14-30-20/h1-12,14,26H,13,15-17H2,(H,25,27)/b12-9+. The number of amides is 1. The Labute approximate surface area is 191 Å². The highest BCUT2D eigenvalue weighted by Crippen LogP contribution is 2.15. The van der Waals surface area contributed by atoms with Crippen molar-refractivity contribution in [3.05, 3.63) is 95.7 Å². The minimum absolute atomic E-state index is 0.0652. The SMILES string of the molecule is O=C(/C=C/c1ccc(S(=O)(=O)NCc2ccco2)cc1)NCCSCc1ccccc1F. The monoisotopic (exact) mass is 474 g/mol. The lowest BCUT2D eigenvalue weighted by Crippen LogP contribution is -2.23. The zero-order valence-electron chi connectivity index (χ0n) is 17.2. The number of nitrogens with one attached hydrogen (secondary N) is 2. The summed E-state index contributed by atoms with van der Waals surface area (Å²) < 4.78 is 45.8. The van der Waals surface area contributed by atoms with E-state index in [2.05, 4.69) is 10.0 Å². The number of hydrogen-bond donors (Lipinski definition) is 2. The van der Waals surface area contributed by atoms with Crippen LogP contribution in [0.5, 0.6) is 0 Å². The molecule has 0 radical (unpaired) electrons. The maximum atomic E-state index is 13.5. The predicted octanol–water partition coefficient (Wildman–Crippen LogP) is 3.96. The van der Waals surface area contributed by atoms with Crippen LogP contribution in [0.2, 0.25) is 0 Å². The molecule has 0 atom stereocenters. The van der Waals surface area contributed by atoms with E-state index >= 15 is 0 Å². The van der Waals surface area contributed by atoms with Gasteiger partial charge in [0.2, 0.25) is 15.9 Å². The Hall–Kier alpha value is -2.88. The molecule has 6 nitrogen and oxygen atoms in total. The van der Waals surface area contributed by atoms with Crippen molar-refractivity contribution >= 4 is 33.8 Å². The molecule has 2 aromatic carbocycles. The Balaban J connectivity index is 1.40. The number of halogens is 1. The summed E-state index contributed by atoms with van der Waals surface area (Å²) in [5, 5.41) is 2.76. The van der Waals surface area contributed by atoms with Crippen molar-refractivity contribution in [2.24, 2.45) is 0 Å². The fourth-order valence-electron chi connectivity index (χ4n) is 2.70. The summed E-state index contributed by atoms with van der Waals surface area (Å²) in [5.41, 5.74) is 1.34. The molecule has 32 heavy (non-hydrogen) atoms. The quantitative estimate of drug-likeness (QED) is 0.324. The van der Waals surface area contributed by atoms with Crippen LogP contribution in [-0.4, -0.2) is 26.6 Å². The molecule has 0 aliphatic heterocycles. The van der Waals surface area contributed by atoms with Crippen LogP contribution in [0.1, 0.15) is 16.9 Å². The maximum Gasteiger partial charge on any atom is 0.244 e. The van der Waals surface area contributed by atoms with Gasteiger partial charge in [0.15, 0.2) is 0 Å². The van der Waals surface area contributed by atoms with Gasteiger partial charge in [-0.1, -0.05) is 30.3 Å². The lowest BCUT2D eigenvalue weighted by Gasteiger charge is -2.06. The van der Waals surface area contributed by atoms with Crippen molar-refractivity contribution in [1.29, 1.82) is 0 Å². The van der Waals surface area contributed by atoms with Gasteiger partial charge in [-0.3, -0.25) is 4.79 Å². The molecule has 168 valence electrons. The summed E-state index contributed by atoms with van der Waals surface area (Å²) in [4.78, 5) is 12.1. The summed E-state index contributed by atoms with van der Waals surface area (Å²) in [5.74, 6) is 1.24. The van der Waals surface area contributed by atoms with E-state index in [0.717, 1.165) is 0 Å². The second-order valence-corrected chi connectivity index (χ2v) is 9.61. The molecule has 0 fully saturated rings. The molecule has 2 N–H and O–H groups in total. The Morgan fingerprint density at radius 3 is 2.56 bits per heavy atom. The molecule has 0 aliphatic rings. The van der Waals surface area contributed by atoms with Crippen molar-refractivity contribution < 1.29 is 22.0 Å². The first-order valence-electron chi connectivity index (χ1n) is 9.83. The fraction of sp³-hybridized carbons (Fsp3) is 0.174. The van der Waals surface area contributed by atoms with Gasteiger partial charge in [0, 0.05) is 24.1 Å². The van der Waals surface area contributed by atoms with Crippen molar-refractivity contribution in [3.63, 3.8) is 0 Å². The minimum atomic E-state index is -3.66. The van der Waals surface area contributed by atoms with E-state index in [1.54, 1.807) is 48.5 Å². The molecule has 1 aromatic heterocycles. The highest BCUT2D eigenvalue weighted by Gasteiger charge is 2.14. The lowest BCUT2D eigenvalue weighted by atomic mass is 10.2. The van der Waals surface area contributed by atoms with Gasteiger partial charge in [0.1, 0.15) is 11.6 Å². The number of furan rings is 1. The number of rotatable bonds is 11. The van der Waals surface area contributed by atoms with Crippen molar-refractivity contribution in [1.82, 2.24) is 10.0 Å². The molecule has 3 rings (SSSR count). The van der Waals surface area contributed by atoms with Crippen LogP contribution in [0, 0.1) is 5.82 Å². The van der Waals surface area contributed by atoms with Crippen LogP contribution in [0.15, 0.2) is 82.3 Å². The van der Waals surface area contributed by atoms with Gasteiger partial charge in [-0.25, -0.2) is 17.5 Å². The number of carbonyl (C=O) groups excluding carboxylic acids is 1. The molecule has 0 spiro atoms. The first-order chi connectivity index (χ1) is 15.4. The van der Waals surface area contributed by atoms with Crippen LogP contribution >= 0.6 is 11.8 Å². The predicted molar refractivity (Wildman–Crippen MR) is 124 cm³/mol. The second-order valence-electron chi connectivity index (χ2n) is 6.74. The molecule has 1 heterocycles. The van der Waals surface area contributed by atoms with Gasteiger partial charge >= 0.3 is 0 Å². The molecule has 0 saturated carbocycles. The lowest BCUT2D eigenvalue weighted by molar-refractivity contribution is -0.116. The van der Waals surface area contributed by atoms with Gasteiger partial charge < -0.3 is 9.73 Å². The fourth-order valence-corrected chi connectivity index (χ4v) is 4.53. The van der Waals surface area contributed by atoms with Crippen molar-refractivity contribution in [2.75, 3.05) is 12.3 Å². The van der Waals surface area contributed by atoms with E-state index in [9.17, 15) is 17.6 Å². The first kappa shape index (κ1) is 23.8. The summed E-state index contributed by atoms with van der Waals surface area (Å²) in [7, 11) is -3.66. The first-order valence-corrected chi connectivity index (χ1v) is 12.5. The minimum Gasteiger partial charge on any atom is -0.468 e. The van der Waals surface area contributed by atoms with Crippen molar-refractivity contribution in [3.8, 4) is 0 Å². The normalized spacial score (nSPS) is 11.7.